The largest absolute Gasteiger partial charge is 0.381 e. The summed E-state index contributed by atoms with van der Waals surface area (Å²) in [4.78, 5) is 11.2. The third-order valence-corrected chi connectivity index (χ3v) is 3.26. The van der Waals surface area contributed by atoms with Crippen LogP contribution in [0.4, 0.5) is 8.78 Å². The number of halogens is 2. The van der Waals surface area contributed by atoms with Crippen molar-refractivity contribution >= 4 is 5.91 Å². The van der Waals surface area contributed by atoms with E-state index in [1.165, 1.54) is 12.2 Å². The van der Waals surface area contributed by atoms with E-state index >= 15 is 0 Å². The standard InChI is InChI=1S/C12H16F2N2O2/c13-10-3-1-2-9(11(15)17)12(10,14)16-8-4-6-18-7-5-8/h1-3,8-9,16H,4-7H2,(H2,15,17). The van der Waals surface area contributed by atoms with Gasteiger partial charge in [-0.1, -0.05) is 12.2 Å². The molecule has 0 aromatic rings. The average Bonchev–Trinajstić information content (AvgIpc) is 2.33. The number of allylic oxidation sites excluding steroid dienone is 2. The lowest BCUT2D eigenvalue weighted by atomic mass is 9.89. The summed E-state index contributed by atoms with van der Waals surface area (Å²) in [5.41, 5.74) is 5.12. The van der Waals surface area contributed by atoms with Crippen LogP contribution in [0.1, 0.15) is 12.8 Å². The van der Waals surface area contributed by atoms with Crippen LogP contribution in [0, 0.1) is 5.92 Å². The molecule has 1 amide bonds. The molecule has 100 valence electrons. The number of rotatable bonds is 3. The zero-order valence-corrected chi connectivity index (χ0v) is 9.86. The van der Waals surface area contributed by atoms with Crippen LogP contribution in [0.2, 0.25) is 0 Å². The number of alkyl halides is 1. The van der Waals surface area contributed by atoms with Crippen molar-refractivity contribution < 1.29 is 18.3 Å². The van der Waals surface area contributed by atoms with Gasteiger partial charge < -0.3 is 10.5 Å². The maximum atomic E-state index is 14.7. The lowest BCUT2D eigenvalue weighted by molar-refractivity contribution is -0.125. The third kappa shape index (κ3) is 2.44. The van der Waals surface area contributed by atoms with E-state index in [2.05, 4.69) is 5.32 Å². The molecule has 3 N–H and O–H groups in total. The molecular formula is C12H16F2N2O2. The molecule has 0 aromatic heterocycles. The fourth-order valence-electron chi connectivity index (χ4n) is 2.24. The molecule has 0 bridgehead atoms. The summed E-state index contributed by atoms with van der Waals surface area (Å²) in [6, 6.07) is -0.226. The summed E-state index contributed by atoms with van der Waals surface area (Å²) in [6.07, 6.45) is 4.74. The van der Waals surface area contributed by atoms with Crippen LogP contribution in [-0.2, 0) is 9.53 Å². The van der Waals surface area contributed by atoms with Gasteiger partial charge in [-0.2, -0.15) is 0 Å². The number of carbonyl (C=O) groups is 1. The Bertz CT molecular complexity index is 392. The van der Waals surface area contributed by atoms with Gasteiger partial charge in [-0.25, -0.2) is 8.78 Å². The second-order valence-electron chi connectivity index (χ2n) is 4.52. The SMILES string of the molecule is NC(=O)C1C=CC=C(F)C1(F)NC1CCOCC1. The van der Waals surface area contributed by atoms with Crippen molar-refractivity contribution in [1.82, 2.24) is 5.32 Å². The fourth-order valence-corrected chi connectivity index (χ4v) is 2.24. The Hall–Kier alpha value is -1.27. The number of hydrogen-bond acceptors (Lipinski definition) is 3. The molecule has 2 aliphatic rings. The third-order valence-electron chi connectivity index (χ3n) is 3.26. The normalized spacial score (nSPS) is 33.2. The van der Waals surface area contributed by atoms with Gasteiger partial charge in [-0.05, 0) is 18.9 Å². The predicted molar refractivity (Wildman–Crippen MR) is 61.8 cm³/mol. The van der Waals surface area contributed by atoms with Crippen LogP contribution < -0.4 is 11.1 Å². The monoisotopic (exact) mass is 258 g/mol. The molecule has 1 heterocycles. The molecule has 0 saturated carbocycles. The first-order valence-corrected chi connectivity index (χ1v) is 5.92. The summed E-state index contributed by atoms with van der Waals surface area (Å²) in [5.74, 6) is -5.77. The van der Waals surface area contributed by atoms with Crippen molar-refractivity contribution in [2.45, 2.75) is 24.7 Å². The number of primary amides is 1. The van der Waals surface area contributed by atoms with E-state index in [0.717, 1.165) is 6.08 Å². The highest BCUT2D eigenvalue weighted by Crippen LogP contribution is 2.34. The number of ether oxygens (including phenoxy) is 1. The molecule has 2 rings (SSSR count). The molecule has 2 unspecified atom stereocenters. The van der Waals surface area contributed by atoms with Crippen LogP contribution >= 0.6 is 0 Å². The number of hydrogen-bond donors (Lipinski definition) is 2. The van der Waals surface area contributed by atoms with E-state index < -0.39 is 23.4 Å². The molecule has 4 nitrogen and oxygen atoms in total. The van der Waals surface area contributed by atoms with Gasteiger partial charge in [0, 0.05) is 19.3 Å². The van der Waals surface area contributed by atoms with E-state index in [1.54, 1.807) is 0 Å². The van der Waals surface area contributed by atoms with E-state index in [0.29, 0.717) is 26.1 Å². The Morgan fingerprint density at radius 1 is 1.50 bits per heavy atom. The first-order valence-electron chi connectivity index (χ1n) is 5.92. The molecule has 2 atom stereocenters. The predicted octanol–water partition coefficient (Wildman–Crippen LogP) is 0.946. The topological polar surface area (TPSA) is 64.4 Å². The Morgan fingerprint density at radius 3 is 2.78 bits per heavy atom. The highest BCUT2D eigenvalue weighted by atomic mass is 19.2. The van der Waals surface area contributed by atoms with E-state index in [9.17, 15) is 13.6 Å². The summed E-state index contributed by atoms with van der Waals surface area (Å²) in [5, 5.41) is 2.57. The van der Waals surface area contributed by atoms with Crippen molar-refractivity contribution in [2.24, 2.45) is 11.7 Å². The van der Waals surface area contributed by atoms with Crippen molar-refractivity contribution in [3.63, 3.8) is 0 Å². The van der Waals surface area contributed by atoms with E-state index in [1.807, 2.05) is 0 Å². The summed E-state index contributed by atoms with van der Waals surface area (Å²) in [7, 11) is 0. The fraction of sp³-hybridized carbons (Fsp3) is 0.583. The summed E-state index contributed by atoms with van der Waals surface area (Å²) >= 11 is 0. The van der Waals surface area contributed by atoms with Crippen LogP contribution in [0.25, 0.3) is 0 Å². The first kappa shape index (κ1) is 13.2. The zero-order chi connectivity index (χ0) is 13.2. The Labute approximate surface area is 104 Å². The van der Waals surface area contributed by atoms with Gasteiger partial charge in [-0.15, -0.1) is 0 Å². The lowest BCUT2D eigenvalue weighted by Crippen LogP contribution is -2.57. The lowest BCUT2D eigenvalue weighted by Gasteiger charge is -2.36. The van der Waals surface area contributed by atoms with Gasteiger partial charge in [0.25, 0.3) is 0 Å². The van der Waals surface area contributed by atoms with Gasteiger partial charge in [0.2, 0.25) is 11.7 Å². The van der Waals surface area contributed by atoms with Crippen molar-refractivity contribution in [2.75, 3.05) is 13.2 Å². The molecule has 0 spiro atoms. The molecule has 18 heavy (non-hydrogen) atoms. The molecule has 0 aromatic carbocycles. The van der Waals surface area contributed by atoms with Gasteiger partial charge in [0.05, 0.1) is 0 Å². The molecule has 1 saturated heterocycles. The molecule has 1 aliphatic heterocycles. The number of nitrogens with two attached hydrogens (primary N) is 1. The Kier molecular flexibility index (Phi) is 3.77. The number of nitrogens with one attached hydrogen (secondary N) is 1. The van der Waals surface area contributed by atoms with Crippen LogP contribution in [0.3, 0.4) is 0 Å². The molecular weight excluding hydrogens is 242 g/mol. The number of carbonyl (C=O) groups excluding carboxylic acids is 1. The van der Waals surface area contributed by atoms with Crippen LogP contribution in [-0.4, -0.2) is 31.0 Å². The Morgan fingerprint density at radius 2 is 2.17 bits per heavy atom. The Balaban J connectivity index is 2.16. The highest BCUT2D eigenvalue weighted by Gasteiger charge is 2.48. The highest BCUT2D eigenvalue weighted by molar-refractivity contribution is 5.81. The van der Waals surface area contributed by atoms with Gasteiger partial charge in [0.1, 0.15) is 5.92 Å². The van der Waals surface area contributed by atoms with Gasteiger partial charge >= 0.3 is 0 Å². The minimum absolute atomic E-state index is 0.226. The van der Waals surface area contributed by atoms with Crippen molar-refractivity contribution in [3.05, 3.63) is 24.1 Å². The molecule has 1 aliphatic carbocycles. The minimum atomic E-state index is -2.54. The first-order chi connectivity index (χ1) is 8.54. The smallest absolute Gasteiger partial charge is 0.229 e. The summed E-state index contributed by atoms with van der Waals surface area (Å²) < 4.78 is 33.6. The second-order valence-corrected chi connectivity index (χ2v) is 4.52. The molecule has 0 radical (unpaired) electrons. The van der Waals surface area contributed by atoms with E-state index in [4.69, 9.17) is 10.5 Å². The molecule has 6 heteroatoms. The second kappa shape index (κ2) is 5.16. The number of amides is 1. The van der Waals surface area contributed by atoms with Crippen LogP contribution in [0.5, 0.6) is 0 Å². The summed E-state index contributed by atoms with van der Waals surface area (Å²) in [6.45, 7) is 0.992. The van der Waals surface area contributed by atoms with E-state index in [-0.39, 0.29) is 6.04 Å². The van der Waals surface area contributed by atoms with Crippen LogP contribution in [0.15, 0.2) is 24.1 Å². The minimum Gasteiger partial charge on any atom is -0.381 e. The maximum Gasteiger partial charge on any atom is 0.229 e. The van der Waals surface area contributed by atoms with Crippen molar-refractivity contribution in [1.29, 1.82) is 0 Å². The van der Waals surface area contributed by atoms with Gasteiger partial charge in [0.15, 0.2) is 5.83 Å². The zero-order valence-electron chi connectivity index (χ0n) is 9.86. The van der Waals surface area contributed by atoms with Gasteiger partial charge in [-0.3, -0.25) is 10.1 Å². The quantitative estimate of drug-likeness (QED) is 0.741. The average molecular weight is 258 g/mol. The molecule has 1 fully saturated rings. The van der Waals surface area contributed by atoms with Crippen molar-refractivity contribution in [3.8, 4) is 0 Å². The maximum absolute atomic E-state index is 14.7.